The second-order valence-electron chi connectivity index (χ2n) is 11.3. The van der Waals surface area contributed by atoms with Crippen LogP contribution in [0.2, 0.25) is 0 Å². The maximum Gasteiger partial charge on any atom is 0.330 e. The number of nitrogens with one attached hydrogen (secondary N) is 2. The number of aliphatic hydroxyl groups is 1. The Hall–Kier alpha value is -4.54. The monoisotopic (exact) mass is 600 g/mol. The lowest BCUT2D eigenvalue weighted by atomic mass is 9.90. The van der Waals surface area contributed by atoms with E-state index in [9.17, 15) is 19.5 Å². The van der Waals surface area contributed by atoms with Crippen molar-refractivity contribution < 1.29 is 19.0 Å². The number of hydrogen-bond acceptors (Lipinski definition) is 6. The van der Waals surface area contributed by atoms with Gasteiger partial charge < -0.3 is 25.0 Å². The zero-order valence-electron chi connectivity index (χ0n) is 25.5. The summed E-state index contributed by atoms with van der Waals surface area (Å²) in [7, 11) is 4.33. The first-order valence-corrected chi connectivity index (χ1v) is 14.6. The molecule has 1 amide bonds. The summed E-state index contributed by atoms with van der Waals surface area (Å²) in [5, 5.41) is 16.2. The Morgan fingerprint density at radius 1 is 1.02 bits per heavy atom. The van der Waals surface area contributed by atoms with E-state index in [-0.39, 0.29) is 18.2 Å². The van der Waals surface area contributed by atoms with Gasteiger partial charge in [0.25, 0.3) is 11.5 Å². The third-order valence-corrected chi connectivity index (χ3v) is 8.60. The average Bonchev–Trinajstić information content (AvgIpc) is 3.42. The number of anilines is 1. The van der Waals surface area contributed by atoms with E-state index in [0.29, 0.717) is 22.6 Å². The predicted molar refractivity (Wildman–Crippen MR) is 169 cm³/mol. The molecule has 1 aliphatic rings. The molecule has 1 saturated carbocycles. The Bertz CT molecular complexity index is 1860. The van der Waals surface area contributed by atoms with Crippen LogP contribution in [0.3, 0.4) is 0 Å². The zero-order chi connectivity index (χ0) is 31.7. The predicted octanol–water partition coefficient (Wildman–Crippen LogP) is 4.44. The molecule has 230 valence electrons. The highest BCUT2D eigenvalue weighted by Crippen LogP contribution is 2.38. The molecule has 0 spiro atoms. The number of carbonyl (C=O) groups excluding carboxylic acids is 1. The Morgan fingerprint density at radius 3 is 2.39 bits per heavy atom. The van der Waals surface area contributed by atoms with Crippen molar-refractivity contribution >= 4 is 11.6 Å². The fourth-order valence-electron chi connectivity index (χ4n) is 5.99. The van der Waals surface area contributed by atoms with E-state index in [1.165, 1.54) is 38.0 Å². The van der Waals surface area contributed by atoms with E-state index >= 15 is 4.39 Å². The van der Waals surface area contributed by atoms with E-state index in [1.807, 2.05) is 50.2 Å². The number of benzene rings is 3. The number of methoxy groups -OCH3 is 1. The number of halogens is 1. The molecule has 1 heterocycles. The molecule has 3 aromatic carbocycles. The van der Waals surface area contributed by atoms with Crippen molar-refractivity contribution in [2.24, 2.45) is 14.1 Å². The molecular weight excluding hydrogens is 563 g/mol. The first-order chi connectivity index (χ1) is 21.0. The number of nitrogens with zero attached hydrogens (tertiary/aromatic N) is 2. The van der Waals surface area contributed by atoms with Crippen LogP contribution in [-0.2, 0) is 20.6 Å². The number of aryl methyl sites for hydroxylation is 1. The first kappa shape index (κ1) is 30.9. The number of aliphatic hydroxyl groups excluding tert-OH is 1. The molecule has 10 heteroatoms. The number of amides is 1. The molecule has 1 aliphatic carbocycles. The second-order valence-corrected chi connectivity index (χ2v) is 11.3. The fraction of sp³-hybridized carbons (Fsp3) is 0.324. The van der Waals surface area contributed by atoms with Crippen molar-refractivity contribution in [3.63, 3.8) is 0 Å². The molecule has 1 fully saturated rings. The van der Waals surface area contributed by atoms with Gasteiger partial charge in [-0.25, -0.2) is 9.18 Å². The number of carbonyl (C=O) groups is 1. The van der Waals surface area contributed by atoms with Gasteiger partial charge in [-0.3, -0.25) is 14.2 Å². The lowest BCUT2D eigenvalue weighted by molar-refractivity contribution is 0.102. The smallest absolute Gasteiger partial charge is 0.330 e. The fourth-order valence-corrected chi connectivity index (χ4v) is 5.99. The molecule has 0 saturated heterocycles. The van der Waals surface area contributed by atoms with Crippen molar-refractivity contribution in [2.45, 2.75) is 51.8 Å². The second kappa shape index (κ2) is 12.6. The van der Waals surface area contributed by atoms with Gasteiger partial charge in [-0.2, -0.15) is 0 Å². The number of aromatic nitrogens is 2. The first-order valence-electron chi connectivity index (χ1n) is 14.6. The summed E-state index contributed by atoms with van der Waals surface area (Å²) in [6.45, 7) is 4.09. The van der Waals surface area contributed by atoms with Gasteiger partial charge in [0.2, 0.25) is 0 Å². The molecule has 0 bridgehead atoms. The van der Waals surface area contributed by atoms with Crippen molar-refractivity contribution in [3.05, 3.63) is 104 Å². The molecule has 44 heavy (non-hydrogen) atoms. The van der Waals surface area contributed by atoms with E-state index in [0.717, 1.165) is 51.6 Å². The summed E-state index contributed by atoms with van der Waals surface area (Å²) in [6.07, 6.45) is 3.35. The normalized spacial score (nSPS) is 16.2. The molecule has 0 radical (unpaired) electrons. The highest BCUT2D eigenvalue weighted by molar-refractivity contribution is 6.04. The van der Waals surface area contributed by atoms with Gasteiger partial charge >= 0.3 is 5.69 Å². The molecule has 0 unspecified atom stereocenters. The Morgan fingerprint density at radius 2 is 1.70 bits per heavy atom. The highest BCUT2D eigenvalue weighted by atomic mass is 19.1. The van der Waals surface area contributed by atoms with E-state index in [1.54, 1.807) is 6.07 Å². The molecule has 2 atom stereocenters. The van der Waals surface area contributed by atoms with Crippen LogP contribution in [0.4, 0.5) is 10.1 Å². The van der Waals surface area contributed by atoms with Crippen LogP contribution in [0, 0.1) is 19.7 Å². The van der Waals surface area contributed by atoms with Crippen LogP contribution in [0.15, 0.2) is 64.3 Å². The van der Waals surface area contributed by atoms with Crippen molar-refractivity contribution in [1.82, 2.24) is 14.5 Å². The standard InChI is InChI=1S/C34H37FN4O5/c1-19-22(21-15-27(35)25(31(16-21)44-5)17-36-29-13-8-14-30(29)40)9-6-10-23(19)24-11-7-12-28(20(24)2)37-32(41)26-18-38(3)34(43)39(4)33(26)42/h6-7,9-12,15-16,18,29-30,36,40H,8,13-14,17H2,1-5H3,(H,37,41)/t29-,30-/m0/s1. The number of hydrogen-bond donors (Lipinski definition) is 3. The molecule has 3 N–H and O–H groups in total. The van der Waals surface area contributed by atoms with Gasteiger partial charge in [-0.15, -0.1) is 0 Å². The van der Waals surface area contributed by atoms with Crippen molar-refractivity contribution in [1.29, 1.82) is 0 Å². The Kier molecular flexibility index (Phi) is 8.85. The Labute approximate surface area is 254 Å². The molecule has 4 aromatic rings. The summed E-state index contributed by atoms with van der Waals surface area (Å²) < 4.78 is 23.2. The maximum atomic E-state index is 15.5. The van der Waals surface area contributed by atoms with Crippen LogP contribution < -0.4 is 26.6 Å². The lowest BCUT2D eigenvalue weighted by Crippen LogP contribution is -2.40. The summed E-state index contributed by atoms with van der Waals surface area (Å²) in [4.78, 5) is 37.8. The Balaban J connectivity index is 1.46. The zero-order valence-corrected chi connectivity index (χ0v) is 25.5. The molecule has 9 nitrogen and oxygen atoms in total. The summed E-state index contributed by atoms with van der Waals surface area (Å²) in [5.74, 6) is -0.587. The van der Waals surface area contributed by atoms with E-state index in [4.69, 9.17) is 4.74 Å². The van der Waals surface area contributed by atoms with Gasteiger partial charge in [-0.1, -0.05) is 30.3 Å². The van der Waals surface area contributed by atoms with Gasteiger partial charge in [0.05, 0.1) is 13.2 Å². The molecular formula is C34H37FN4O5. The lowest BCUT2D eigenvalue weighted by Gasteiger charge is -2.20. The minimum atomic E-state index is -0.677. The highest BCUT2D eigenvalue weighted by Gasteiger charge is 2.26. The average molecular weight is 601 g/mol. The SMILES string of the molecule is COc1cc(-c2cccc(-c3cccc(NC(=O)c4cn(C)c(=O)n(C)c4=O)c3C)c2C)cc(F)c1CN[C@H]1CCC[C@@H]1O. The van der Waals surface area contributed by atoms with Crippen LogP contribution in [-0.4, -0.2) is 39.4 Å². The molecule has 0 aliphatic heterocycles. The van der Waals surface area contributed by atoms with Crippen LogP contribution in [0.5, 0.6) is 5.75 Å². The summed E-state index contributed by atoms with van der Waals surface area (Å²) in [6, 6.07) is 14.6. The van der Waals surface area contributed by atoms with Crippen molar-refractivity contribution in [3.8, 4) is 28.0 Å². The van der Waals surface area contributed by atoms with Crippen LogP contribution in [0.1, 0.15) is 46.3 Å². The summed E-state index contributed by atoms with van der Waals surface area (Å²) >= 11 is 0. The molecule has 1 aromatic heterocycles. The van der Waals surface area contributed by atoms with Gasteiger partial charge in [0, 0.05) is 44.1 Å². The maximum absolute atomic E-state index is 15.5. The minimum Gasteiger partial charge on any atom is -0.496 e. The largest absolute Gasteiger partial charge is 0.496 e. The third kappa shape index (κ3) is 5.82. The van der Waals surface area contributed by atoms with Crippen molar-refractivity contribution in [2.75, 3.05) is 12.4 Å². The number of rotatable bonds is 8. The van der Waals surface area contributed by atoms with Gasteiger partial charge in [-0.05, 0) is 84.7 Å². The van der Waals surface area contributed by atoms with Crippen LogP contribution >= 0.6 is 0 Å². The summed E-state index contributed by atoms with van der Waals surface area (Å²) in [5.41, 5.74) is 4.52. The topological polar surface area (TPSA) is 115 Å². The van der Waals surface area contributed by atoms with E-state index < -0.39 is 29.1 Å². The molecule has 5 rings (SSSR count). The minimum absolute atomic E-state index is 0.0618. The third-order valence-electron chi connectivity index (χ3n) is 8.60. The van der Waals surface area contributed by atoms with E-state index in [2.05, 4.69) is 10.6 Å². The van der Waals surface area contributed by atoms with Crippen LogP contribution in [0.25, 0.3) is 22.3 Å². The van der Waals surface area contributed by atoms with Gasteiger partial charge in [0.1, 0.15) is 17.1 Å². The van der Waals surface area contributed by atoms with Gasteiger partial charge in [0.15, 0.2) is 0 Å². The number of ether oxygens (including phenoxy) is 1. The quantitative estimate of drug-likeness (QED) is 0.276.